The molecule has 20 heavy (non-hydrogen) atoms. The third-order valence-corrected chi connectivity index (χ3v) is 4.47. The highest BCUT2D eigenvalue weighted by molar-refractivity contribution is 6.30. The maximum atomic E-state index is 11.0. The number of halogens is 1. The summed E-state index contributed by atoms with van der Waals surface area (Å²) in [6.45, 7) is 1.88. The van der Waals surface area contributed by atoms with Crippen molar-refractivity contribution in [3.05, 3.63) is 47.0 Å². The fourth-order valence-electron chi connectivity index (χ4n) is 2.86. The molecule has 4 nitrogen and oxygen atoms in total. The van der Waals surface area contributed by atoms with Crippen molar-refractivity contribution in [2.45, 2.75) is 31.8 Å². The molecule has 0 radical (unpaired) electrons. The van der Waals surface area contributed by atoms with E-state index in [4.69, 9.17) is 11.6 Å². The second-order valence-electron chi connectivity index (χ2n) is 5.73. The summed E-state index contributed by atoms with van der Waals surface area (Å²) in [7, 11) is 0. The minimum absolute atomic E-state index is 0.136. The largest absolute Gasteiger partial charge is 0.385 e. The number of aliphatic hydroxyl groups is 1. The number of nitrogens with one attached hydrogen (secondary N) is 1. The molecule has 1 saturated carbocycles. The van der Waals surface area contributed by atoms with Gasteiger partial charge in [-0.1, -0.05) is 23.7 Å². The third-order valence-electron chi connectivity index (χ3n) is 4.22. The van der Waals surface area contributed by atoms with Crippen LogP contribution in [0.1, 0.15) is 31.2 Å². The standard InChI is InChI=1S/C15H18ClN3O/c1-15(20,11-4-6-12(16)7-5-11)13(10-2-3-10)8-14-17-9-18-19-14/h4-7,9-10,13,20H,2-3,8H2,1H3,(H,17,18,19). The van der Waals surface area contributed by atoms with E-state index in [1.54, 1.807) is 0 Å². The van der Waals surface area contributed by atoms with Gasteiger partial charge in [-0.15, -0.1) is 0 Å². The first-order chi connectivity index (χ1) is 9.57. The van der Waals surface area contributed by atoms with E-state index in [0.29, 0.717) is 17.4 Å². The van der Waals surface area contributed by atoms with Gasteiger partial charge in [0.1, 0.15) is 12.2 Å². The highest BCUT2D eigenvalue weighted by Crippen LogP contribution is 2.47. The quantitative estimate of drug-likeness (QED) is 0.890. The highest BCUT2D eigenvalue weighted by Gasteiger charge is 2.44. The molecular weight excluding hydrogens is 274 g/mol. The fraction of sp³-hybridized carbons (Fsp3) is 0.467. The number of benzene rings is 1. The van der Waals surface area contributed by atoms with Gasteiger partial charge in [-0.3, -0.25) is 5.10 Å². The Morgan fingerprint density at radius 3 is 2.65 bits per heavy atom. The molecule has 3 rings (SSSR count). The molecule has 1 aromatic heterocycles. The van der Waals surface area contributed by atoms with Gasteiger partial charge in [0, 0.05) is 17.4 Å². The molecule has 1 aliphatic rings. The Kier molecular flexibility index (Phi) is 3.52. The maximum Gasteiger partial charge on any atom is 0.137 e. The second-order valence-corrected chi connectivity index (χ2v) is 6.17. The van der Waals surface area contributed by atoms with E-state index in [2.05, 4.69) is 15.2 Å². The molecule has 0 saturated heterocycles. The van der Waals surface area contributed by atoms with Gasteiger partial charge in [0.2, 0.25) is 0 Å². The van der Waals surface area contributed by atoms with Gasteiger partial charge in [0.15, 0.2) is 0 Å². The molecule has 106 valence electrons. The average Bonchev–Trinajstić information content (AvgIpc) is 3.12. The fourth-order valence-corrected chi connectivity index (χ4v) is 2.99. The van der Waals surface area contributed by atoms with Crippen LogP contribution in [0.4, 0.5) is 0 Å². The Morgan fingerprint density at radius 2 is 2.10 bits per heavy atom. The Balaban J connectivity index is 1.87. The normalized spacial score (nSPS) is 19.6. The molecule has 1 aliphatic carbocycles. The highest BCUT2D eigenvalue weighted by atomic mass is 35.5. The minimum atomic E-state index is -0.890. The number of H-pyrrole nitrogens is 1. The lowest BCUT2D eigenvalue weighted by molar-refractivity contribution is -0.0167. The van der Waals surface area contributed by atoms with Crippen LogP contribution < -0.4 is 0 Å². The number of hydrogen-bond acceptors (Lipinski definition) is 3. The van der Waals surface area contributed by atoms with E-state index >= 15 is 0 Å². The van der Waals surface area contributed by atoms with Gasteiger partial charge in [-0.2, -0.15) is 5.10 Å². The van der Waals surface area contributed by atoms with Crippen molar-refractivity contribution < 1.29 is 5.11 Å². The van der Waals surface area contributed by atoms with Crippen molar-refractivity contribution in [2.75, 3.05) is 0 Å². The molecular formula is C15H18ClN3O. The monoisotopic (exact) mass is 291 g/mol. The van der Waals surface area contributed by atoms with E-state index in [9.17, 15) is 5.11 Å². The zero-order valence-corrected chi connectivity index (χ0v) is 12.1. The Morgan fingerprint density at radius 1 is 1.40 bits per heavy atom. The molecule has 2 unspecified atom stereocenters. The SMILES string of the molecule is CC(O)(c1ccc(Cl)cc1)C(Cc1ncn[nH]1)C1CC1. The summed E-state index contributed by atoms with van der Waals surface area (Å²) in [4.78, 5) is 4.19. The first-order valence-corrected chi connectivity index (χ1v) is 7.28. The molecule has 0 amide bonds. The smallest absolute Gasteiger partial charge is 0.137 e. The second kappa shape index (κ2) is 5.19. The molecule has 1 fully saturated rings. The third kappa shape index (κ3) is 2.72. The first-order valence-electron chi connectivity index (χ1n) is 6.90. The predicted molar refractivity (Wildman–Crippen MR) is 77.3 cm³/mol. The summed E-state index contributed by atoms with van der Waals surface area (Å²) in [6.07, 6.45) is 4.56. The molecule has 0 aliphatic heterocycles. The van der Waals surface area contributed by atoms with Gasteiger partial charge in [-0.25, -0.2) is 4.98 Å². The summed E-state index contributed by atoms with van der Waals surface area (Å²) in [5, 5.41) is 18.5. The maximum absolute atomic E-state index is 11.0. The van der Waals surface area contributed by atoms with Gasteiger partial charge < -0.3 is 5.11 Å². The summed E-state index contributed by atoms with van der Waals surface area (Å²) in [5.74, 6) is 1.51. The molecule has 0 spiro atoms. The Labute approximate surface area is 123 Å². The average molecular weight is 292 g/mol. The zero-order chi connectivity index (χ0) is 14.2. The van der Waals surface area contributed by atoms with Crippen LogP contribution >= 0.6 is 11.6 Å². The molecule has 1 aromatic carbocycles. The summed E-state index contributed by atoms with van der Waals surface area (Å²) in [6, 6.07) is 7.45. The molecule has 1 heterocycles. The van der Waals surface area contributed by atoms with Crippen LogP contribution in [-0.2, 0) is 12.0 Å². The number of aromatic nitrogens is 3. The topological polar surface area (TPSA) is 61.8 Å². The van der Waals surface area contributed by atoms with E-state index in [1.807, 2.05) is 31.2 Å². The van der Waals surface area contributed by atoms with Gasteiger partial charge in [0.05, 0.1) is 5.60 Å². The minimum Gasteiger partial charge on any atom is -0.385 e. The van der Waals surface area contributed by atoms with Crippen molar-refractivity contribution in [2.24, 2.45) is 11.8 Å². The molecule has 5 heteroatoms. The van der Waals surface area contributed by atoms with E-state index in [0.717, 1.165) is 11.4 Å². The summed E-state index contributed by atoms with van der Waals surface area (Å²) >= 11 is 5.93. The number of hydrogen-bond donors (Lipinski definition) is 2. The zero-order valence-electron chi connectivity index (χ0n) is 11.4. The lowest BCUT2D eigenvalue weighted by atomic mass is 9.78. The number of aromatic amines is 1. The van der Waals surface area contributed by atoms with Crippen molar-refractivity contribution >= 4 is 11.6 Å². The van der Waals surface area contributed by atoms with Crippen molar-refractivity contribution in [3.8, 4) is 0 Å². The molecule has 2 N–H and O–H groups in total. The number of nitrogens with zero attached hydrogens (tertiary/aromatic N) is 2. The van der Waals surface area contributed by atoms with Crippen LogP contribution in [0.15, 0.2) is 30.6 Å². The summed E-state index contributed by atoms with van der Waals surface area (Å²) in [5.41, 5.74) is 0.0109. The first kappa shape index (κ1) is 13.6. The predicted octanol–water partition coefficient (Wildman–Crippen LogP) is 2.93. The van der Waals surface area contributed by atoms with Gasteiger partial charge in [0.25, 0.3) is 0 Å². The van der Waals surface area contributed by atoms with Crippen LogP contribution in [0.25, 0.3) is 0 Å². The van der Waals surface area contributed by atoms with Crippen LogP contribution in [0.3, 0.4) is 0 Å². The van der Waals surface area contributed by atoms with Crippen LogP contribution in [0.2, 0.25) is 5.02 Å². The van der Waals surface area contributed by atoms with Crippen LogP contribution in [0, 0.1) is 11.8 Å². The van der Waals surface area contributed by atoms with E-state index in [-0.39, 0.29) is 5.92 Å². The lowest BCUT2D eigenvalue weighted by Crippen LogP contribution is -2.35. The Hall–Kier alpha value is -1.39. The van der Waals surface area contributed by atoms with E-state index in [1.165, 1.54) is 19.2 Å². The van der Waals surface area contributed by atoms with Crippen molar-refractivity contribution in [3.63, 3.8) is 0 Å². The molecule has 2 atom stereocenters. The molecule has 2 aromatic rings. The Bertz CT molecular complexity index is 561. The number of rotatable bonds is 5. The van der Waals surface area contributed by atoms with E-state index < -0.39 is 5.60 Å². The van der Waals surface area contributed by atoms with Crippen molar-refractivity contribution in [1.82, 2.24) is 15.2 Å². The van der Waals surface area contributed by atoms with Gasteiger partial charge >= 0.3 is 0 Å². The van der Waals surface area contributed by atoms with Crippen LogP contribution in [-0.4, -0.2) is 20.3 Å². The van der Waals surface area contributed by atoms with Crippen LogP contribution in [0.5, 0.6) is 0 Å². The summed E-state index contributed by atoms with van der Waals surface area (Å²) < 4.78 is 0. The molecule has 0 bridgehead atoms. The van der Waals surface area contributed by atoms with Crippen molar-refractivity contribution in [1.29, 1.82) is 0 Å². The van der Waals surface area contributed by atoms with Gasteiger partial charge in [-0.05, 0) is 43.4 Å². The lowest BCUT2D eigenvalue weighted by Gasteiger charge is -2.33.